The molecule has 320 valence electrons. The van der Waals surface area contributed by atoms with Gasteiger partial charge in [-0.05, 0) is 136 Å². The molecule has 3 aromatic carbocycles. The number of aromatic hydroxyl groups is 1. The lowest BCUT2D eigenvalue weighted by molar-refractivity contribution is -0.149. The van der Waals surface area contributed by atoms with Gasteiger partial charge >= 0.3 is 5.97 Å². The Bertz CT molecular complexity index is 2130. The Morgan fingerprint density at radius 1 is 0.983 bits per heavy atom. The zero-order valence-corrected chi connectivity index (χ0v) is 35.3. The van der Waals surface area contributed by atoms with Gasteiger partial charge in [0.1, 0.15) is 17.8 Å². The topological polar surface area (TPSA) is 153 Å². The number of fused-ring (bicyclic) bond motifs is 5. The number of hydrogen-bond acceptors (Lipinski definition) is 7. The molecule has 0 heterocycles. The van der Waals surface area contributed by atoms with Crippen molar-refractivity contribution in [2.75, 3.05) is 20.1 Å². The predicted molar refractivity (Wildman–Crippen MR) is 239 cm³/mol. The van der Waals surface area contributed by atoms with Gasteiger partial charge in [-0.3, -0.25) is 4.79 Å². The third-order valence-electron chi connectivity index (χ3n) is 14.8. The van der Waals surface area contributed by atoms with E-state index in [0.717, 1.165) is 91.2 Å². The van der Waals surface area contributed by atoms with Crippen molar-refractivity contribution in [1.82, 2.24) is 5.32 Å². The number of allylic oxidation sites excluding steroid dienone is 2. The number of nitrogens with one attached hydrogen (secondary N) is 1. The van der Waals surface area contributed by atoms with Gasteiger partial charge in [-0.2, -0.15) is 0 Å². The quantitative estimate of drug-likeness (QED) is 0.0526. The molecule has 0 unspecified atom stereocenters. The van der Waals surface area contributed by atoms with Gasteiger partial charge in [0.25, 0.3) is 0 Å². The van der Waals surface area contributed by atoms with Crippen LogP contribution in [0.15, 0.2) is 96.6 Å². The maximum absolute atomic E-state index is 13.9. The van der Waals surface area contributed by atoms with Crippen LogP contribution in [0.3, 0.4) is 0 Å². The average Bonchev–Trinajstić information content (AvgIpc) is 3.72. The fraction of sp³-hybridized carbons (Fsp3) is 0.500. The first kappa shape index (κ1) is 43.6. The summed E-state index contributed by atoms with van der Waals surface area (Å²) >= 11 is 0. The molecule has 8 nitrogen and oxygen atoms in total. The van der Waals surface area contributed by atoms with Crippen LogP contribution in [0.2, 0.25) is 0 Å². The Morgan fingerprint density at radius 3 is 2.57 bits per heavy atom. The van der Waals surface area contributed by atoms with Gasteiger partial charge in [0.2, 0.25) is 0 Å². The summed E-state index contributed by atoms with van der Waals surface area (Å²) in [6.45, 7) is 0.890. The minimum absolute atomic E-state index is 0.0389. The van der Waals surface area contributed by atoms with Crippen LogP contribution in [0.4, 0.5) is 0 Å². The number of phenols is 1. The molecule has 0 radical (unpaired) electrons. The summed E-state index contributed by atoms with van der Waals surface area (Å²) in [4.78, 5) is 26.1. The highest BCUT2D eigenvalue weighted by Gasteiger charge is 2.54. The average molecular weight is 815 g/mol. The van der Waals surface area contributed by atoms with E-state index in [4.69, 9.17) is 5.73 Å². The van der Waals surface area contributed by atoms with Crippen molar-refractivity contribution in [2.45, 2.75) is 101 Å². The molecule has 4 aliphatic carbocycles. The van der Waals surface area contributed by atoms with E-state index in [0.29, 0.717) is 43.9 Å². The van der Waals surface area contributed by atoms with Crippen molar-refractivity contribution in [1.29, 1.82) is 0 Å². The number of aliphatic carboxylic acids is 1. The summed E-state index contributed by atoms with van der Waals surface area (Å²) in [6, 6.07) is 24.0. The van der Waals surface area contributed by atoms with E-state index in [1.54, 1.807) is 19.2 Å². The van der Waals surface area contributed by atoms with E-state index >= 15 is 0 Å². The number of nitrogens with two attached hydrogens (primary N) is 1. The first-order valence-corrected chi connectivity index (χ1v) is 22.6. The molecule has 1 spiro atoms. The molecule has 0 aromatic heterocycles. The number of aldehydes is 1. The molecule has 7 N–H and O–H groups in total. The van der Waals surface area contributed by atoms with Gasteiger partial charge in [0.15, 0.2) is 0 Å². The predicted octanol–water partition coefficient (Wildman–Crippen LogP) is 7.46. The molecule has 1 saturated carbocycles. The second-order valence-corrected chi connectivity index (χ2v) is 18.4. The summed E-state index contributed by atoms with van der Waals surface area (Å²) in [5.41, 5.74) is 9.55. The lowest BCUT2D eigenvalue weighted by Crippen LogP contribution is -2.53. The molecule has 0 saturated heterocycles. The normalized spacial score (nSPS) is 28.6. The highest BCUT2D eigenvalue weighted by Crippen LogP contribution is 2.55. The molecule has 2 bridgehead atoms. The first-order chi connectivity index (χ1) is 29.1. The van der Waals surface area contributed by atoms with Crippen LogP contribution < -0.4 is 21.5 Å². The number of carbonyl (C=O) groups is 2. The van der Waals surface area contributed by atoms with Crippen molar-refractivity contribution in [3.63, 3.8) is 0 Å². The highest BCUT2D eigenvalue weighted by molar-refractivity contribution is 5.74. The first-order valence-electron chi connectivity index (χ1n) is 22.6. The van der Waals surface area contributed by atoms with Crippen LogP contribution in [0.1, 0.15) is 99.7 Å². The number of aliphatic hydroxyl groups excluding tert-OH is 2. The van der Waals surface area contributed by atoms with E-state index in [2.05, 4.69) is 47.8 Å². The number of aliphatic hydroxyl groups is 2. The van der Waals surface area contributed by atoms with Gasteiger partial charge in [-0.25, -0.2) is 0 Å². The fourth-order valence-corrected chi connectivity index (χ4v) is 11.7. The van der Waals surface area contributed by atoms with E-state index in [1.807, 2.05) is 42.5 Å². The molecule has 4 aliphatic rings. The molecule has 60 heavy (non-hydrogen) atoms. The Morgan fingerprint density at radius 2 is 1.80 bits per heavy atom. The number of hydrogen-bond donors (Lipinski definition) is 6. The summed E-state index contributed by atoms with van der Waals surface area (Å²) < 4.78 is 0. The van der Waals surface area contributed by atoms with E-state index in [1.165, 1.54) is 5.57 Å². The minimum Gasteiger partial charge on any atom is -0.511 e. The van der Waals surface area contributed by atoms with Gasteiger partial charge in [-0.1, -0.05) is 110 Å². The van der Waals surface area contributed by atoms with Crippen LogP contribution in [-0.2, 0) is 21.4 Å². The SMILES string of the molecule is CNC[C@H](O)[C@H]1C=CC[C@H](CCCCC[C@H](C=O)[C@H]2C=C(CCN)CC2)[C@@H](c2ccc(O)cc2)Cc2cccc(c2)[C@]2(CC[C@H]3C=c4ccccc4=C(O)[C@@H]3C2)[C@H]1C(=O)O. The smallest absolute Gasteiger partial charge is 0.308 e. The van der Waals surface area contributed by atoms with Gasteiger partial charge in [-0.15, -0.1) is 0 Å². The van der Waals surface area contributed by atoms with Gasteiger partial charge in [0.05, 0.1) is 12.0 Å². The number of carboxylic acids is 1. The zero-order chi connectivity index (χ0) is 42.2. The maximum Gasteiger partial charge on any atom is 0.308 e. The standard InChI is InChI=1S/C52H66N2O6/c1-54-32-48(57)45-16-8-13-36(10-3-2-4-12-41(33-55)38-18-17-34(27-38)24-26-53)46(37-19-21-43(56)22-20-37)29-35-9-7-14-42(28-35)52(49(45)51(59)60)25-23-40-30-39-11-5-6-15-44(39)50(58)47(40)31-52/h5-9,11,14-16,19-22,27-28,30,33,36,38,40-41,45-49,54,56-58H,2-4,10,12-13,17-18,23-26,29,31-32,53H2,1H3,(H,59,60)/t36-,38+,40-,41+,45+,46-,47+,48-,49+,52+/m0/s1. The zero-order valence-electron chi connectivity index (χ0n) is 35.3. The van der Waals surface area contributed by atoms with Crippen molar-refractivity contribution in [3.05, 3.63) is 124 Å². The molecule has 8 heteroatoms. The Balaban J connectivity index is 1.22. The number of likely N-dealkylation sites (N-methyl/N-ethyl adjacent to an activating group) is 1. The number of phenolic OH excluding ortho intramolecular Hbond substituents is 1. The summed E-state index contributed by atoms with van der Waals surface area (Å²) in [5, 5.41) is 50.5. The second-order valence-electron chi connectivity index (χ2n) is 18.4. The number of carbonyl (C=O) groups excluding carboxylic acids is 1. The third kappa shape index (κ3) is 9.51. The van der Waals surface area contributed by atoms with Crippen molar-refractivity contribution in [2.24, 2.45) is 47.2 Å². The maximum atomic E-state index is 13.9. The van der Waals surface area contributed by atoms with Crippen LogP contribution in [-0.4, -0.2) is 58.9 Å². The third-order valence-corrected chi connectivity index (χ3v) is 14.8. The molecular formula is C52H66N2O6. The molecule has 0 aliphatic heterocycles. The highest BCUT2D eigenvalue weighted by atomic mass is 16.4. The van der Waals surface area contributed by atoms with E-state index in [-0.39, 0.29) is 41.9 Å². The summed E-state index contributed by atoms with van der Waals surface area (Å²) in [5.74, 6) is -1.53. The second kappa shape index (κ2) is 19.9. The molecule has 3 aromatic rings. The molecular weight excluding hydrogens is 749 g/mol. The number of rotatable bonds is 15. The lowest BCUT2D eigenvalue weighted by Gasteiger charge is -2.50. The minimum atomic E-state index is -0.956. The van der Waals surface area contributed by atoms with Gasteiger partial charge < -0.3 is 36.3 Å². The van der Waals surface area contributed by atoms with E-state index < -0.39 is 29.3 Å². The van der Waals surface area contributed by atoms with Crippen molar-refractivity contribution in [3.8, 4) is 5.75 Å². The van der Waals surface area contributed by atoms with Crippen LogP contribution in [0.5, 0.6) is 5.75 Å². The van der Waals surface area contributed by atoms with Crippen molar-refractivity contribution >= 4 is 24.1 Å². The van der Waals surface area contributed by atoms with Crippen LogP contribution >= 0.6 is 0 Å². The summed E-state index contributed by atoms with van der Waals surface area (Å²) in [6.07, 6.45) is 19.9. The number of carboxylic acid groups (broad SMARTS) is 1. The Labute approximate surface area is 356 Å². The Kier molecular flexibility index (Phi) is 14.5. The van der Waals surface area contributed by atoms with Crippen molar-refractivity contribution < 1.29 is 30.0 Å². The number of unbranched alkanes of at least 4 members (excludes halogenated alkanes) is 2. The largest absolute Gasteiger partial charge is 0.511 e. The van der Waals surface area contributed by atoms with Crippen LogP contribution in [0.25, 0.3) is 11.8 Å². The molecule has 10 atom stereocenters. The monoisotopic (exact) mass is 814 g/mol. The van der Waals surface area contributed by atoms with Crippen LogP contribution in [0, 0.1) is 41.4 Å². The van der Waals surface area contributed by atoms with Gasteiger partial charge in [0, 0.05) is 34.9 Å². The van der Waals surface area contributed by atoms with E-state index in [9.17, 15) is 30.0 Å². The lowest BCUT2D eigenvalue weighted by atomic mass is 9.53. The Hall–Kier alpha value is -4.50. The molecule has 1 fully saturated rings. The molecule has 0 amide bonds. The number of benzene rings is 3. The fourth-order valence-electron chi connectivity index (χ4n) is 11.7. The molecule has 7 rings (SSSR count). The summed E-state index contributed by atoms with van der Waals surface area (Å²) in [7, 11) is 1.78.